The van der Waals surface area contributed by atoms with Crippen molar-refractivity contribution in [3.63, 3.8) is 0 Å². The Bertz CT molecular complexity index is 423. The second kappa shape index (κ2) is 3.94. The van der Waals surface area contributed by atoms with Crippen LogP contribution in [-0.4, -0.2) is 9.78 Å². The van der Waals surface area contributed by atoms with Crippen LogP contribution in [0, 0.1) is 0 Å². The Morgan fingerprint density at radius 2 is 2.29 bits per heavy atom. The molecule has 0 atom stereocenters. The molecule has 14 heavy (non-hydrogen) atoms. The van der Waals surface area contributed by atoms with Crippen molar-refractivity contribution in [2.24, 2.45) is 5.73 Å². The van der Waals surface area contributed by atoms with Gasteiger partial charge in [-0.25, -0.2) is 4.68 Å². The molecule has 0 fully saturated rings. The Morgan fingerprint density at radius 1 is 1.43 bits per heavy atom. The van der Waals surface area contributed by atoms with Gasteiger partial charge in [0, 0.05) is 23.4 Å². The summed E-state index contributed by atoms with van der Waals surface area (Å²) in [5.41, 5.74) is 7.75. The van der Waals surface area contributed by atoms with Crippen molar-refractivity contribution in [2.45, 2.75) is 6.54 Å². The predicted molar refractivity (Wildman–Crippen MR) is 59.2 cm³/mol. The van der Waals surface area contributed by atoms with Crippen molar-refractivity contribution in [3.8, 4) is 5.69 Å². The SMILES string of the molecule is NCc1ccc(Br)cc1-n1cccn1. The fourth-order valence-corrected chi connectivity index (χ4v) is 1.68. The molecule has 0 aliphatic carbocycles. The maximum absolute atomic E-state index is 5.65. The van der Waals surface area contributed by atoms with E-state index in [1.807, 2.05) is 35.1 Å². The summed E-state index contributed by atoms with van der Waals surface area (Å²) >= 11 is 3.43. The van der Waals surface area contributed by atoms with Crippen LogP contribution in [-0.2, 0) is 6.54 Å². The van der Waals surface area contributed by atoms with E-state index in [2.05, 4.69) is 21.0 Å². The van der Waals surface area contributed by atoms with Gasteiger partial charge in [-0.2, -0.15) is 5.10 Å². The zero-order chi connectivity index (χ0) is 9.97. The van der Waals surface area contributed by atoms with E-state index in [-0.39, 0.29) is 0 Å². The molecular weight excluding hydrogens is 242 g/mol. The predicted octanol–water partition coefficient (Wildman–Crippen LogP) is 2.09. The summed E-state index contributed by atoms with van der Waals surface area (Å²) < 4.78 is 2.84. The van der Waals surface area contributed by atoms with Gasteiger partial charge in [-0.15, -0.1) is 0 Å². The first-order chi connectivity index (χ1) is 6.81. The molecule has 0 radical (unpaired) electrons. The van der Waals surface area contributed by atoms with Gasteiger partial charge in [0.1, 0.15) is 0 Å². The fraction of sp³-hybridized carbons (Fsp3) is 0.100. The Hall–Kier alpha value is -1.13. The van der Waals surface area contributed by atoms with Crippen LogP contribution in [0.15, 0.2) is 41.1 Å². The highest BCUT2D eigenvalue weighted by Crippen LogP contribution is 2.19. The zero-order valence-electron chi connectivity index (χ0n) is 7.52. The molecule has 72 valence electrons. The van der Waals surface area contributed by atoms with Crippen molar-refractivity contribution < 1.29 is 0 Å². The van der Waals surface area contributed by atoms with Gasteiger partial charge in [0.15, 0.2) is 0 Å². The molecule has 4 heteroatoms. The smallest absolute Gasteiger partial charge is 0.0701 e. The minimum absolute atomic E-state index is 0.516. The monoisotopic (exact) mass is 251 g/mol. The topological polar surface area (TPSA) is 43.8 Å². The zero-order valence-corrected chi connectivity index (χ0v) is 9.11. The number of nitrogens with zero attached hydrogens (tertiary/aromatic N) is 2. The molecule has 0 amide bonds. The number of hydrogen-bond donors (Lipinski definition) is 1. The van der Waals surface area contributed by atoms with Gasteiger partial charge in [-0.05, 0) is 23.8 Å². The first-order valence-electron chi connectivity index (χ1n) is 4.30. The summed E-state index contributed by atoms with van der Waals surface area (Å²) in [6.45, 7) is 0.516. The van der Waals surface area contributed by atoms with Crippen molar-refractivity contribution in [1.29, 1.82) is 0 Å². The molecule has 1 aromatic carbocycles. The molecule has 2 N–H and O–H groups in total. The molecule has 1 aromatic heterocycles. The Balaban J connectivity index is 2.55. The number of hydrogen-bond acceptors (Lipinski definition) is 2. The van der Waals surface area contributed by atoms with E-state index in [0.717, 1.165) is 15.7 Å². The molecule has 0 aliphatic rings. The van der Waals surface area contributed by atoms with Crippen LogP contribution in [0.1, 0.15) is 5.56 Å². The van der Waals surface area contributed by atoms with Crippen LogP contribution in [0.3, 0.4) is 0 Å². The van der Waals surface area contributed by atoms with Crippen LogP contribution < -0.4 is 5.73 Å². The maximum Gasteiger partial charge on any atom is 0.0701 e. The summed E-state index contributed by atoms with van der Waals surface area (Å²) in [6.07, 6.45) is 3.65. The molecule has 1 heterocycles. The summed E-state index contributed by atoms with van der Waals surface area (Å²) in [6, 6.07) is 7.88. The quantitative estimate of drug-likeness (QED) is 0.889. The maximum atomic E-state index is 5.65. The Morgan fingerprint density at radius 3 is 2.93 bits per heavy atom. The average molecular weight is 252 g/mol. The number of nitrogens with two attached hydrogens (primary N) is 1. The highest BCUT2D eigenvalue weighted by Gasteiger charge is 2.03. The average Bonchev–Trinajstić information content (AvgIpc) is 2.70. The first-order valence-corrected chi connectivity index (χ1v) is 5.09. The molecule has 0 spiro atoms. The fourth-order valence-electron chi connectivity index (χ4n) is 1.33. The van der Waals surface area contributed by atoms with Gasteiger partial charge in [0.2, 0.25) is 0 Å². The molecule has 0 unspecified atom stereocenters. The van der Waals surface area contributed by atoms with Crippen LogP contribution in [0.5, 0.6) is 0 Å². The Kier molecular flexibility index (Phi) is 2.65. The minimum Gasteiger partial charge on any atom is -0.326 e. The summed E-state index contributed by atoms with van der Waals surface area (Å²) in [4.78, 5) is 0. The number of halogens is 1. The first kappa shape index (κ1) is 9.43. The van der Waals surface area contributed by atoms with Crippen molar-refractivity contribution in [3.05, 3.63) is 46.7 Å². The van der Waals surface area contributed by atoms with Crippen LogP contribution in [0.2, 0.25) is 0 Å². The van der Waals surface area contributed by atoms with Gasteiger partial charge < -0.3 is 5.73 Å². The normalized spacial score (nSPS) is 10.4. The summed E-state index contributed by atoms with van der Waals surface area (Å²) in [5.74, 6) is 0. The second-order valence-electron chi connectivity index (χ2n) is 2.93. The molecule has 2 rings (SSSR count). The van der Waals surface area contributed by atoms with Crippen molar-refractivity contribution in [1.82, 2.24) is 9.78 Å². The van der Waals surface area contributed by atoms with Gasteiger partial charge in [0.05, 0.1) is 5.69 Å². The lowest BCUT2D eigenvalue weighted by Gasteiger charge is -2.07. The number of rotatable bonds is 2. The van der Waals surface area contributed by atoms with E-state index in [4.69, 9.17) is 5.73 Å². The third-order valence-corrected chi connectivity index (χ3v) is 2.51. The highest BCUT2D eigenvalue weighted by atomic mass is 79.9. The van der Waals surface area contributed by atoms with Gasteiger partial charge in [-0.1, -0.05) is 22.0 Å². The van der Waals surface area contributed by atoms with Crippen molar-refractivity contribution in [2.75, 3.05) is 0 Å². The van der Waals surface area contributed by atoms with E-state index in [9.17, 15) is 0 Å². The van der Waals surface area contributed by atoms with Crippen LogP contribution in [0.4, 0.5) is 0 Å². The van der Waals surface area contributed by atoms with Gasteiger partial charge >= 0.3 is 0 Å². The molecule has 0 saturated heterocycles. The van der Waals surface area contributed by atoms with Crippen LogP contribution >= 0.6 is 15.9 Å². The van der Waals surface area contributed by atoms with E-state index >= 15 is 0 Å². The lowest BCUT2D eigenvalue weighted by atomic mass is 10.2. The molecular formula is C10H10BrN3. The highest BCUT2D eigenvalue weighted by molar-refractivity contribution is 9.10. The van der Waals surface area contributed by atoms with Crippen LogP contribution in [0.25, 0.3) is 5.69 Å². The molecule has 0 aliphatic heterocycles. The number of benzene rings is 1. The van der Waals surface area contributed by atoms with E-state index in [0.29, 0.717) is 6.54 Å². The number of aromatic nitrogens is 2. The summed E-state index contributed by atoms with van der Waals surface area (Å²) in [5, 5.41) is 4.18. The molecule has 0 bridgehead atoms. The van der Waals surface area contributed by atoms with E-state index in [1.54, 1.807) is 6.20 Å². The third kappa shape index (κ3) is 1.71. The molecule has 3 nitrogen and oxygen atoms in total. The lowest BCUT2D eigenvalue weighted by molar-refractivity contribution is 0.858. The second-order valence-corrected chi connectivity index (χ2v) is 3.84. The van der Waals surface area contributed by atoms with Gasteiger partial charge in [-0.3, -0.25) is 0 Å². The third-order valence-electron chi connectivity index (χ3n) is 2.02. The van der Waals surface area contributed by atoms with Gasteiger partial charge in [0.25, 0.3) is 0 Å². The molecule has 0 saturated carbocycles. The lowest BCUT2D eigenvalue weighted by Crippen LogP contribution is -2.04. The Labute approximate surface area is 90.7 Å². The standard InChI is InChI=1S/C10H10BrN3/c11-9-3-2-8(7-12)10(6-9)14-5-1-4-13-14/h1-6H,7,12H2. The van der Waals surface area contributed by atoms with Crippen molar-refractivity contribution >= 4 is 15.9 Å². The molecule has 2 aromatic rings. The van der Waals surface area contributed by atoms with E-state index < -0.39 is 0 Å². The largest absolute Gasteiger partial charge is 0.326 e. The minimum atomic E-state index is 0.516. The summed E-state index contributed by atoms with van der Waals surface area (Å²) in [7, 11) is 0. The van der Waals surface area contributed by atoms with E-state index in [1.165, 1.54) is 0 Å².